The summed E-state index contributed by atoms with van der Waals surface area (Å²) in [6.45, 7) is 0. The molecule has 0 saturated heterocycles. The van der Waals surface area contributed by atoms with Crippen molar-refractivity contribution in [3.8, 4) is 0 Å². The highest BCUT2D eigenvalue weighted by Gasteiger charge is 2.14. The summed E-state index contributed by atoms with van der Waals surface area (Å²) in [5, 5.41) is 5.18. The van der Waals surface area contributed by atoms with Crippen LogP contribution in [0.2, 0.25) is 5.02 Å². The van der Waals surface area contributed by atoms with Crippen LogP contribution in [0.25, 0.3) is 10.9 Å². The number of pyridine rings is 1. The van der Waals surface area contributed by atoms with Gasteiger partial charge in [0.05, 0.1) is 16.6 Å². The first-order valence-electron chi connectivity index (χ1n) is 6.66. The van der Waals surface area contributed by atoms with Crippen molar-refractivity contribution in [2.75, 3.05) is 7.05 Å². The van der Waals surface area contributed by atoms with E-state index in [1.807, 2.05) is 43.6 Å². The molecule has 0 radical (unpaired) electrons. The maximum absolute atomic E-state index is 6.21. The second-order valence-electron chi connectivity index (χ2n) is 4.86. The van der Waals surface area contributed by atoms with Crippen molar-refractivity contribution in [3.05, 3.63) is 75.4 Å². The molecule has 0 spiro atoms. The summed E-state index contributed by atoms with van der Waals surface area (Å²) < 4.78 is 0.902. The summed E-state index contributed by atoms with van der Waals surface area (Å²) >= 11 is 9.63. The molecule has 2 nitrogen and oxygen atoms in total. The Morgan fingerprint density at radius 1 is 1.10 bits per heavy atom. The van der Waals surface area contributed by atoms with Crippen molar-refractivity contribution >= 4 is 38.4 Å². The van der Waals surface area contributed by atoms with Crippen molar-refractivity contribution in [1.29, 1.82) is 0 Å². The molecule has 2 aromatic carbocycles. The molecule has 1 atom stereocenters. The van der Waals surface area contributed by atoms with Crippen molar-refractivity contribution < 1.29 is 0 Å². The van der Waals surface area contributed by atoms with E-state index in [1.54, 1.807) is 0 Å². The maximum Gasteiger partial charge on any atom is 0.0702 e. The summed E-state index contributed by atoms with van der Waals surface area (Å²) in [4.78, 5) is 4.53. The molecule has 0 aliphatic heterocycles. The predicted molar refractivity (Wildman–Crippen MR) is 91.8 cm³/mol. The van der Waals surface area contributed by atoms with Crippen LogP contribution in [0.3, 0.4) is 0 Å². The fraction of sp³-hybridized carbons (Fsp3) is 0.118. The summed E-state index contributed by atoms with van der Waals surface area (Å²) in [6, 6.07) is 16.4. The first-order valence-corrected chi connectivity index (χ1v) is 7.83. The number of hydrogen-bond donors (Lipinski definition) is 1. The Hall–Kier alpha value is -1.42. The molecule has 0 amide bonds. The molecule has 3 rings (SSSR count). The van der Waals surface area contributed by atoms with Gasteiger partial charge in [-0.15, -0.1) is 0 Å². The first-order chi connectivity index (χ1) is 10.2. The molecule has 1 N–H and O–H groups in total. The quantitative estimate of drug-likeness (QED) is 0.713. The Morgan fingerprint density at radius 2 is 1.90 bits per heavy atom. The number of benzene rings is 2. The molecule has 0 aliphatic carbocycles. The van der Waals surface area contributed by atoms with Gasteiger partial charge in [0.1, 0.15) is 0 Å². The van der Waals surface area contributed by atoms with Crippen LogP contribution < -0.4 is 5.32 Å². The summed E-state index contributed by atoms with van der Waals surface area (Å²) in [7, 11) is 1.94. The Labute approximate surface area is 137 Å². The zero-order valence-electron chi connectivity index (χ0n) is 11.5. The van der Waals surface area contributed by atoms with Gasteiger partial charge in [-0.3, -0.25) is 4.98 Å². The average Bonchev–Trinajstić information content (AvgIpc) is 2.51. The fourth-order valence-electron chi connectivity index (χ4n) is 2.46. The second-order valence-corrected chi connectivity index (χ2v) is 6.12. The van der Waals surface area contributed by atoms with Gasteiger partial charge in [0.25, 0.3) is 0 Å². The molecule has 1 aromatic heterocycles. The lowest BCUT2D eigenvalue weighted by Gasteiger charge is -2.18. The van der Waals surface area contributed by atoms with Crippen LogP contribution in [0.5, 0.6) is 0 Å². The highest BCUT2D eigenvalue weighted by Crippen LogP contribution is 2.29. The van der Waals surface area contributed by atoms with Gasteiger partial charge in [-0.1, -0.05) is 35.9 Å². The largest absolute Gasteiger partial charge is 0.309 e. The van der Waals surface area contributed by atoms with Crippen LogP contribution in [-0.4, -0.2) is 12.0 Å². The van der Waals surface area contributed by atoms with Crippen LogP contribution >= 0.6 is 27.5 Å². The van der Waals surface area contributed by atoms with E-state index in [1.165, 1.54) is 0 Å². The topological polar surface area (TPSA) is 24.9 Å². The highest BCUT2D eigenvalue weighted by atomic mass is 79.9. The number of fused-ring (bicyclic) bond motifs is 1. The second kappa shape index (κ2) is 6.14. The van der Waals surface area contributed by atoms with Crippen molar-refractivity contribution in [2.45, 2.75) is 6.04 Å². The van der Waals surface area contributed by atoms with Gasteiger partial charge in [0, 0.05) is 16.1 Å². The number of nitrogens with zero attached hydrogens (tertiary/aromatic N) is 1. The van der Waals surface area contributed by atoms with E-state index in [-0.39, 0.29) is 6.04 Å². The maximum atomic E-state index is 6.21. The lowest BCUT2D eigenvalue weighted by Crippen LogP contribution is -2.17. The molecule has 21 heavy (non-hydrogen) atoms. The van der Waals surface area contributed by atoms with Crippen LogP contribution in [0.15, 0.2) is 59.2 Å². The average molecular weight is 362 g/mol. The van der Waals surface area contributed by atoms with E-state index in [0.717, 1.165) is 26.5 Å². The van der Waals surface area contributed by atoms with Gasteiger partial charge in [0.2, 0.25) is 0 Å². The summed E-state index contributed by atoms with van der Waals surface area (Å²) in [5.41, 5.74) is 3.24. The van der Waals surface area contributed by atoms with Gasteiger partial charge in [-0.2, -0.15) is 0 Å². The first kappa shape index (κ1) is 14.5. The van der Waals surface area contributed by atoms with Gasteiger partial charge in [0.15, 0.2) is 0 Å². The van der Waals surface area contributed by atoms with Crippen molar-refractivity contribution in [2.24, 2.45) is 0 Å². The molecule has 3 aromatic rings. The summed E-state index contributed by atoms with van der Waals surface area (Å²) in [5.74, 6) is 0. The molecular weight excluding hydrogens is 348 g/mol. The van der Waals surface area contributed by atoms with E-state index in [0.29, 0.717) is 5.02 Å². The zero-order chi connectivity index (χ0) is 14.8. The standard InChI is InChI=1S/C17H14BrClN2/c1-20-17(12-6-7-14(18)15(19)9-12)13-8-11-4-2-3-5-16(11)21-10-13/h2-10,17,20H,1H3. The molecule has 0 fully saturated rings. The zero-order valence-corrected chi connectivity index (χ0v) is 13.8. The Bertz CT molecular complexity index is 789. The van der Waals surface area contributed by atoms with E-state index >= 15 is 0 Å². The predicted octanol–water partition coefficient (Wildman–Crippen LogP) is 4.96. The third-order valence-electron chi connectivity index (χ3n) is 3.51. The lowest BCUT2D eigenvalue weighted by molar-refractivity contribution is 0.690. The molecule has 1 heterocycles. The van der Waals surface area contributed by atoms with Gasteiger partial charge in [-0.25, -0.2) is 0 Å². The van der Waals surface area contributed by atoms with Gasteiger partial charge < -0.3 is 5.32 Å². The lowest BCUT2D eigenvalue weighted by atomic mass is 9.99. The van der Waals surface area contributed by atoms with E-state index in [9.17, 15) is 0 Å². The number of para-hydroxylation sites is 1. The molecular formula is C17H14BrClN2. The third kappa shape index (κ3) is 2.95. The molecule has 0 saturated carbocycles. The number of aromatic nitrogens is 1. The van der Waals surface area contributed by atoms with Gasteiger partial charge in [-0.05, 0) is 58.4 Å². The minimum atomic E-state index is 0.0627. The molecule has 0 bridgehead atoms. The van der Waals surface area contributed by atoms with Crippen molar-refractivity contribution in [1.82, 2.24) is 10.3 Å². The van der Waals surface area contributed by atoms with E-state index < -0.39 is 0 Å². The van der Waals surface area contributed by atoms with Crippen molar-refractivity contribution in [3.63, 3.8) is 0 Å². The van der Waals surface area contributed by atoms with Crippen LogP contribution in [0, 0.1) is 0 Å². The molecule has 0 aliphatic rings. The number of halogens is 2. The molecule has 1 unspecified atom stereocenters. The smallest absolute Gasteiger partial charge is 0.0702 e. The van der Waals surface area contributed by atoms with Gasteiger partial charge >= 0.3 is 0 Å². The third-order valence-corrected chi connectivity index (χ3v) is 4.74. The summed E-state index contributed by atoms with van der Waals surface area (Å²) in [6.07, 6.45) is 1.92. The molecule has 106 valence electrons. The number of hydrogen-bond acceptors (Lipinski definition) is 2. The van der Waals surface area contributed by atoms with E-state index in [4.69, 9.17) is 11.6 Å². The minimum absolute atomic E-state index is 0.0627. The Kier molecular flexibility index (Phi) is 4.24. The van der Waals surface area contributed by atoms with Crippen LogP contribution in [-0.2, 0) is 0 Å². The highest BCUT2D eigenvalue weighted by molar-refractivity contribution is 9.10. The monoisotopic (exact) mass is 360 g/mol. The minimum Gasteiger partial charge on any atom is -0.309 e. The van der Waals surface area contributed by atoms with Crippen LogP contribution in [0.1, 0.15) is 17.2 Å². The SMILES string of the molecule is CNC(c1ccc(Br)c(Cl)c1)c1cnc2ccccc2c1. The number of rotatable bonds is 3. The van der Waals surface area contributed by atoms with Crippen LogP contribution in [0.4, 0.5) is 0 Å². The Balaban J connectivity index is 2.06. The fourth-order valence-corrected chi connectivity index (χ4v) is 2.90. The normalized spacial score (nSPS) is 12.5. The van der Waals surface area contributed by atoms with E-state index in [2.05, 4.69) is 44.4 Å². The Morgan fingerprint density at radius 3 is 2.67 bits per heavy atom. The molecule has 4 heteroatoms. The number of nitrogens with one attached hydrogen (secondary N) is 1.